The van der Waals surface area contributed by atoms with E-state index in [2.05, 4.69) is 24.9 Å². The number of rotatable bonds is 2. The van der Waals surface area contributed by atoms with Crippen molar-refractivity contribution in [3.8, 4) is 5.75 Å². The van der Waals surface area contributed by atoms with Crippen LogP contribution in [0.1, 0.15) is 16.7 Å². The van der Waals surface area contributed by atoms with Gasteiger partial charge in [-0.2, -0.15) is 0 Å². The van der Waals surface area contributed by atoms with Crippen molar-refractivity contribution >= 4 is 22.7 Å². The lowest BCUT2D eigenvalue weighted by atomic mass is 10.0. The second-order valence-electron chi connectivity index (χ2n) is 5.25. The smallest absolute Gasteiger partial charge is 0.124 e. The molecular formula is C19H17NO. The van der Waals surface area contributed by atoms with E-state index in [1.54, 1.807) is 12.3 Å². The molecule has 0 fully saturated rings. The molecule has 0 aliphatic heterocycles. The zero-order valence-corrected chi connectivity index (χ0v) is 12.2. The number of hydrogen-bond acceptors (Lipinski definition) is 2. The van der Waals surface area contributed by atoms with Crippen LogP contribution in [0.15, 0.2) is 59.6 Å². The molecule has 21 heavy (non-hydrogen) atoms. The summed E-state index contributed by atoms with van der Waals surface area (Å²) in [6.07, 6.45) is 1.74. The van der Waals surface area contributed by atoms with Crippen molar-refractivity contribution in [1.29, 1.82) is 0 Å². The van der Waals surface area contributed by atoms with Gasteiger partial charge in [-0.05, 0) is 53.9 Å². The van der Waals surface area contributed by atoms with Crippen molar-refractivity contribution in [2.45, 2.75) is 13.8 Å². The van der Waals surface area contributed by atoms with Crippen LogP contribution in [-0.2, 0) is 0 Å². The molecule has 0 amide bonds. The normalized spacial score (nSPS) is 11.3. The van der Waals surface area contributed by atoms with Gasteiger partial charge in [0, 0.05) is 11.8 Å². The molecule has 3 aromatic carbocycles. The van der Waals surface area contributed by atoms with Gasteiger partial charge in [0.05, 0.1) is 5.69 Å². The summed E-state index contributed by atoms with van der Waals surface area (Å²) in [5, 5.41) is 12.2. The van der Waals surface area contributed by atoms with E-state index in [0.29, 0.717) is 0 Å². The molecule has 0 aliphatic rings. The van der Waals surface area contributed by atoms with Crippen molar-refractivity contribution < 1.29 is 5.11 Å². The van der Waals surface area contributed by atoms with E-state index in [-0.39, 0.29) is 5.75 Å². The Hall–Kier alpha value is -2.61. The molecule has 104 valence electrons. The first-order valence-corrected chi connectivity index (χ1v) is 6.97. The van der Waals surface area contributed by atoms with Gasteiger partial charge in [-0.3, -0.25) is 4.99 Å². The molecule has 0 aliphatic carbocycles. The van der Waals surface area contributed by atoms with Crippen LogP contribution < -0.4 is 0 Å². The van der Waals surface area contributed by atoms with Crippen LogP contribution in [0.5, 0.6) is 5.75 Å². The fourth-order valence-electron chi connectivity index (χ4n) is 2.36. The van der Waals surface area contributed by atoms with Gasteiger partial charge in [0.25, 0.3) is 0 Å². The van der Waals surface area contributed by atoms with Crippen LogP contribution in [0.4, 0.5) is 5.69 Å². The van der Waals surface area contributed by atoms with Gasteiger partial charge in [0.15, 0.2) is 0 Å². The van der Waals surface area contributed by atoms with Crippen LogP contribution in [0.25, 0.3) is 10.8 Å². The molecule has 1 N–H and O–H groups in total. The van der Waals surface area contributed by atoms with Crippen LogP contribution in [0.2, 0.25) is 0 Å². The predicted molar refractivity (Wildman–Crippen MR) is 88.8 cm³/mol. The van der Waals surface area contributed by atoms with Gasteiger partial charge >= 0.3 is 0 Å². The lowest BCUT2D eigenvalue weighted by molar-refractivity contribution is 0.475. The molecular weight excluding hydrogens is 258 g/mol. The van der Waals surface area contributed by atoms with Gasteiger partial charge in [-0.1, -0.05) is 36.4 Å². The van der Waals surface area contributed by atoms with Crippen molar-refractivity contribution in [3.63, 3.8) is 0 Å². The summed E-state index contributed by atoms with van der Waals surface area (Å²) >= 11 is 0. The molecule has 0 bridgehead atoms. The maximum absolute atomic E-state index is 10.1. The molecule has 0 unspecified atom stereocenters. The number of aromatic hydroxyl groups is 1. The average molecular weight is 275 g/mol. The van der Waals surface area contributed by atoms with Crippen molar-refractivity contribution in [3.05, 3.63) is 71.3 Å². The molecule has 0 aromatic heterocycles. The molecule has 3 rings (SSSR count). The first-order valence-electron chi connectivity index (χ1n) is 6.97. The maximum atomic E-state index is 10.1. The highest BCUT2D eigenvalue weighted by atomic mass is 16.3. The molecule has 0 saturated heterocycles. The summed E-state index contributed by atoms with van der Waals surface area (Å²) in [5.41, 5.74) is 4.12. The highest BCUT2D eigenvalue weighted by Crippen LogP contribution is 2.26. The minimum atomic E-state index is 0.251. The van der Waals surface area contributed by atoms with Crippen LogP contribution >= 0.6 is 0 Å². The van der Waals surface area contributed by atoms with Crippen LogP contribution in [0.3, 0.4) is 0 Å². The van der Waals surface area contributed by atoms with Gasteiger partial charge in [0.1, 0.15) is 5.75 Å². The maximum Gasteiger partial charge on any atom is 0.124 e. The van der Waals surface area contributed by atoms with Gasteiger partial charge in [0.2, 0.25) is 0 Å². The third kappa shape index (κ3) is 2.65. The third-order valence-corrected chi connectivity index (χ3v) is 3.78. The monoisotopic (exact) mass is 275 g/mol. The van der Waals surface area contributed by atoms with Gasteiger partial charge in [-0.25, -0.2) is 0 Å². The first-order chi connectivity index (χ1) is 10.1. The van der Waals surface area contributed by atoms with E-state index in [1.807, 2.05) is 42.5 Å². The molecule has 3 aromatic rings. The van der Waals surface area contributed by atoms with E-state index in [9.17, 15) is 5.11 Å². The fraction of sp³-hybridized carbons (Fsp3) is 0.105. The summed E-state index contributed by atoms with van der Waals surface area (Å²) in [7, 11) is 0. The fourth-order valence-corrected chi connectivity index (χ4v) is 2.36. The number of aliphatic imine (C=N–C) groups is 1. The Labute approximate surface area is 124 Å². The lowest BCUT2D eigenvalue weighted by Gasteiger charge is -2.05. The van der Waals surface area contributed by atoms with Crippen molar-refractivity contribution in [2.24, 2.45) is 4.99 Å². The Morgan fingerprint density at radius 2 is 1.71 bits per heavy atom. The van der Waals surface area contributed by atoms with Gasteiger partial charge < -0.3 is 5.11 Å². The average Bonchev–Trinajstić information content (AvgIpc) is 2.50. The Morgan fingerprint density at radius 3 is 2.52 bits per heavy atom. The molecule has 0 saturated carbocycles. The summed E-state index contributed by atoms with van der Waals surface area (Å²) < 4.78 is 0. The number of nitrogens with zero attached hydrogens (tertiary/aromatic N) is 1. The molecule has 0 radical (unpaired) electrons. The number of phenolic OH excluding ortho intramolecular Hbond substituents is 1. The Balaban J connectivity index is 2.06. The van der Waals surface area contributed by atoms with Crippen molar-refractivity contribution in [1.82, 2.24) is 0 Å². The van der Waals surface area contributed by atoms with E-state index in [1.165, 1.54) is 11.1 Å². The SMILES string of the molecule is Cc1ccc(N=Cc2c(O)ccc3ccccc23)cc1C. The number of hydrogen-bond donors (Lipinski definition) is 1. The van der Waals surface area contributed by atoms with E-state index >= 15 is 0 Å². The van der Waals surface area contributed by atoms with Crippen LogP contribution in [-0.4, -0.2) is 11.3 Å². The minimum Gasteiger partial charge on any atom is -0.507 e. The van der Waals surface area contributed by atoms with E-state index in [4.69, 9.17) is 0 Å². The Morgan fingerprint density at radius 1 is 0.905 bits per heavy atom. The topological polar surface area (TPSA) is 32.6 Å². The van der Waals surface area contributed by atoms with E-state index < -0.39 is 0 Å². The summed E-state index contributed by atoms with van der Waals surface area (Å²) in [5.74, 6) is 0.251. The second-order valence-corrected chi connectivity index (χ2v) is 5.25. The molecule has 2 nitrogen and oxygen atoms in total. The number of phenols is 1. The molecule has 0 spiro atoms. The lowest BCUT2D eigenvalue weighted by Crippen LogP contribution is -1.86. The molecule has 0 heterocycles. The first kappa shape index (κ1) is 13.4. The zero-order chi connectivity index (χ0) is 14.8. The Bertz CT molecular complexity index is 834. The van der Waals surface area contributed by atoms with Crippen LogP contribution in [0, 0.1) is 13.8 Å². The van der Waals surface area contributed by atoms with Crippen molar-refractivity contribution in [2.75, 3.05) is 0 Å². The molecule has 2 heteroatoms. The summed E-state index contributed by atoms with van der Waals surface area (Å²) in [4.78, 5) is 4.50. The highest BCUT2D eigenvalue weighted by Gasteiger charge is 2.04. The largest absolute Gasteiger partial charge is 0.507 e. The number of aryl methyl sites for hydroxylation is 2. The minimum absolute atomic E-state index is 0.251. The molecule has 0 atom stereocenters. The Kier molecular flexibility index (Phi) is 3.44. The number of fused-ring (bicyclic) bond motifs is 1. The summed E-state index contributed by atoms with van der Waals surface area (Å²) in [6, 6.07) is 17.7. The third-order valence-electron chi connectivity index (χ3n) is 3.78. The number of benzene rings is 3. The standard InChI is InChI=1S/C19H17NO/c1-13-7-9-16(11-14(13)2)20-12-18-17-6-4-3-5-15(17)8-10-19(18)21/h3-12,21H,1-2H3. The quantitative estimate of drug-likeness (QED) is 0.662. The zero-order valence-electron chi connectivity index (χ0n) is 12.2. The van der Waals surface area contributed by atoms with E-state index in [0.717, 1.165) is 22.0 Å². The highest BCUT2D eigenvalue weighted by molar-refractivity contribution is 6.02. The second kappa shape index (κ2) is 5.41. The predicted octanol–water partition coefficient (Wildman–Crippen LogP) is 4.91. The summed E-state index contributed by atoms with van der Waals surface area (Å²) in [6.45, 7) is 4.16. The van der Waals surface area contributed by atoms with Gasteiger partial charge in [-0.15, -0.1) is 0 Å².